The number of hydrogen-bond donors (Lipinski definition) is 1. The van der Waals surface area contributed by atoms with E-state index in [1.54, 1.807) is 30.3 Å². The number of benzene rings is 2. The van der Waals surface area contributed by atoms with Crippen molar-refractivity contribution in [1.82, 2.24) is 0 Å². The first-order valence-corrected chi connectivity index (χ1v) is 7.95. The third-order valence-electron chi connectivity index (χ3n) is 3.50. The van der Waals surface area contributed by atoms with Gasteiger partial charge in [0.15, 0.2) is 0 Å². The Bertz CT molecular complexity index is 798. The Morgan fingerprint density at radius 1 is 1.15 bits per heavy atom. The molecule has 2 rings (SSSR count). The number of carboxylic acid groups (broad SMARTS) is 1. The van der Waals surface area contributed by atoms with Crippen LogP contribution in [-0.2, 0) is 0 Å². The highest BCUT2D eigenvalue weighted by molar-refractivity contribution is 5.90. The van der Waals surface area contributed by atoms with Gasteiger partial charge in [-0.1, -0.05) is 18.2 Å². The molecule has 7 heteroatoms. The summed E-state index contributed by atoms with van der Waals surface area (Å²) in [5.41, 5.74) is 1.12. The standard InChI is InChI=1S/C19H19NO6/c1-14(13-26-16-10-8-15(9-11-16)20(23)24)5-4-12-25-18-7-3-2-6-17(18)19(21)22/h2-3,5-11H,4,12-13H2,1H3,(H,21,22). The summed E-state index contributed by atoms with van der Waals surface area (Å²) in [6.07, 6.45) is 2.54. The van der Waals surface area contributed by atoms with Crippen molar-refractivity contribution in [3.8, 4) is 11.5 Å². The highest BCUT2D eigenvalue weighted by Gasteiger charge is 2.09. The van der Waals surface area contributed by atoms with E-state index in [4.69, 9.17) is 14.6 Å². The molecule has 136 valence electrons. The Labute approximate surface area is 150 Å². The molecule has 0 bridgehead atoms. The van der Waals surface area contributed by atoms with Crippen LogP contribution in [0.25, 0.3) is 0 Å². The first-order chi connectivity index (χ1) is 12.5. The Kier molecular flexibility index (Phi) is 6.73. The molecule has 0 heterocycles. The second-order valence-corrected chi connectivity index (χ2v) is 5.53. The van der Waals surface area contributed by atoms with Gasteiger partial charge in [0.2, 0.25) is 0 Å². The van der Waals surface area contributed by atoms with Gasteiger partial charge >= 0.3 is 5.97 Å². The lowest BCUT2D eigenvalue weighted by Gasteiger charge is -2.09. The van der Waals surface area contributed by atoms with Crippen LogP contribution in [0.4, 0.5) is 5.69 Å². The number of nitro benzene ring substituents is 1. The van der Waals surface area contributed by atoms with Crippen molar-refractivity contribution < 1.29 is 24.3 Å². The second-order valence-electron chi connectivity index (χ2n) is 5.53. The molecule has 0 amide bonds. The fourth-order valence-electron chi connectivity index (χ4n) is 2.16. The van der Waals surface area contributed by atoms with E-state index < -0.39 is 10.9 Å². The van der Waals surface area contributed by atoms with Crippen LogP contribution in [0.3, 0.4) is 0 Å². The van der Waals surface area contributed by atoms with E-state index in [1.807, 2.05) is 13.0 Å². The third-order valence-corrected chi connectivity index (χ3v) is 3.50. The zero-order valence-electron chi connectivity index (χ0n) is 14.3. The number of para-hydroxylation sites is 1. The van der Waals surface area contributed by atoms with E-state index in [1.165, 1.54) is 18.2 Å². The van der Waals surface area contributed by atoms with E-state index in [-0.39, 0.29) is 11.3 Å². The molecule has 0 aliphatic rings. The van der Waals surface area contributed by atoms with Gasteiger partial charge < -0.3 is 14.6 Å². The van der Waals surface area contributed by atoms with Gasteiger partial charge in [-0.2, -0.15) is 0 Å². The number of non-ortho nitro benzene ring substituents is 1. The molecule has 2 aromatic rings. The van der Waals surface area contributed by atoms with Gasteiger partial charge in [-0.05, 0) is 43.2 Å². The molecule has 0 saturated heterocycles. The van der Waals surface area contributed by atoms with E-state index >= 15 is 0 Å². The Balaban J connectivity index is 1.78. The first kappa shape index (κ1) is 19.0. The molecule has 0 atom stereocenters. The Morgan fingerprint density at radius 2 is 1.85 bits per heavy atom. The zero-order valence-corrected chi connectivity index (χ0v) is 14.3. The predicted molar refractivity (Wildman–Crippen MR) is 95.9 cm³/mol. The van der Waals surface area contributed by atoms with Crippen LogP contribution in [0.2, 0.25) is 0 Å². The summed E-state index contributed by atoms with van der Waals surface area (Å²) in [5, 5.41) is 19.7. The molecule has 0 unspecified atom stereocenters. The van der Waals surface area contributed by atoms with Gasteiger partial charge in [-0.3, -0.25) is 10.1 Å². The summed E-state index contributed by atoms with van der Waals surface area (Å²) in [4.78, 5) is 21.2. The predicted octanol–water partition coefficient (Wildman–Crippen LogP) is 4.09. The van der Waals surface area contributed by atoms with Crippen molar-refractivity contribution in [2.75, 3.05) is 13.2 Å². The Morgan fingerprint density at radius 3 is 2.50 bits per heavy atom. The normalized spacial score (nSPS) is 11.0. The van der Waals surface area contributed by atoms with Crippen molar-refractivity contribution in [3.05, 3.63) is 75.9 Å². The molecule has 1 N–H and O–H groups in total. The van der Waals surface area contributed by atoms with Crippen LogP contribution in [0.15, 0.2) is 60.2 Å². The highest BCUT2D eigenvalue weighted by Crippen LogP contribution is 2.19. The molecule has 0 saturated carbocycles. The van der Waals surface area contributed by atoms with Gasteiger partial charge in [-0.15, -0.1) is 0 Å². The third kappa shape index (κ3) is 5.62. The van der Waals surface area contributed by atoms with Crippen LogP contribution in [0.1, 0.15) is 23.7 Å². The monoisotopic (exact) mass is 357 g/mol. The maximum Gasteiger partial charge on any atom is 0.339 e. The summed E-state index contributed by atoms with van der Waals surface area (Å²) in [7, 11) is 0. The summed E-state index contributed by atoms with van der Waals surface area (Å²) in [6.45, 7) is 2.60. The molecule has 0 spiro atoms. The molecule has 0 aliphatic heterocycles. The number of nitrogens with zero attached hydrogens (tertiary/aromatic N) is 1. The van der Waals surface area contributed by atoms with Gasteiger partial charge in [-0.25, -0.2) is 4.79 Å². The lowest BCUT2D eigenvalue weighted by molar-refractivity contribution is -0.384. The summed E-state index contributed by atoms with van der Waals surface area (Å²) in [6, 6.07) is 12.4. The van der Waals surface area contributed by atoms with Gasteiger partial charge in [0.05, 0.1) is 11.5 Å². The van der Waals surface area contributed by atoms with Gasteiger partial charge in [0.25, 0.3) is 5.69 Å². The van der Waals surface area contributed by atoms with Crippen molar-refractivity contribution in [2.45, 2.75) is 13.3 Å². The largest absolute Gasteiger partial charge is 0.492 e. The molecule has 0 fully saturated rings. The Hall–Kier alpha value is -3.35. The van der Waals surface area contributed by atoms with Crippen LogP contribution < -0.4 is 9.47 Å². The maximum absolute atomic E-state index is 11.1. The molecule has 7 nitrogen and oxygen atoms in total. The average molecular weight is 357 g/mol. The summed E-state index contributed by atoms with van der Waals surface area (Å²) < 4.78 is 11.1. The molecule has 2 aromatic carbocycles. The number of rotatable bonds is 9. The molecule has 0 aliphatic carbocycles. The highest BCUT2D eigenvalue weighted by atomic mass is 16.6. The molecular formula is C19H19NO6. The summed E-state index contributed by atoms with van der Waals surface area (Å²) >= 11 is 0. The van der Waals surface area contributed by atoms with Gasteiger partial charge in [0, 0.05) is 12.1 Å². The van der Waals surface area contributed by atoms with Crippen molar-refractivity contribution in [1.29, 1.82) is 0 Å². The SMILES string of the molecule is CC(=CCCOc1ccccc1C(=O)O)COc1ccc([N+](=O)[O-])cc1. The summed E-state index contributed by atoms with van der Waals surface area (Å²) in [5.74, 6) is -0.132. The van der Waals surface area contributed by atoms with E-state index in [0.29, 0.717) is 31.1 Å². The average Bonchev–Trinajstić information content (AvgIpc) is 2.64. The molecular weight excluding hydrogens is 338 g/mol. The molecule has 0 aromatic heterocycles. The number of carboxylic acids is 1. The van der Waals surface area contributed by atoms with E-state index in [9.17, 15) is 14.9 Å². The van der Waals surface area contributed by atoms with E-state index in [2.05, 4.69) is 0 Å². The zero-order chi connectivity index (χ0) is 18.9. The van der Waals surface area contributed by atoms with Crippen molar-refractivity contribution in [3.63, 3.8) is 0 Å². The first-order valence-electron chi connectivity index (χ1n) is 7.95. The number of nitro groups is 1. The lowest BCUT2D eigenvalue weighted by Crippen LogP contribution is -2.04. The van der Waals surface area contributed by atoms with Gasteiger partial charge in [0.1, 0.15) is 23.7 Å². The second kappa shape index (κ2) is 9.22. The van der Waals surface area contributed by atoms with Crippen LogP contribution in [-0.4, -0.2) is 29.2 Å². The number of aromatic carboxylic acids is 1. The van der Waals surface area contributed by atoms with Crippen molar-refractivity contribution in [2.24, 2.45) is 0 Å². The van der Waals surface area contributed by atoms with Crippen LogP contribution >= 0.6 is 0 Å². The topological polar surface area (TPSA) is 98.9 Å². The minimum atomic E-state index is -1.02. The minimum Gasteiger partial charge on any atom is -0.492 e. The van der Waals surface area contributed by atoms with Crippen LogP contribution in [0.5, 0.6) is 11.5 Å². The quantitative estimate of drug-likeness (QED) is 0.314. The smallest absolute Gasteiger partial charge is 0.339 e. The fraction of sp³-hybridized carbons (Fsp3) is 0.211. The number of hydrogen-bond acceptors (Lipinski definition) is 5. The molecule has 0 radical (unpaired) electrons. The minimum absolute atomic E-state index is 0.0170. The number of carbonyl (C=O) groups is 1. The van der Waals surface area contributed by atoms with E-state index in [0.717, 1.165) is 5.57 Å². The van der Waals surface area contributed by atoms with Crippen LogP contribution in [0, 0.1) is 10.1 Å². The van der Waals surface area contributed by atoms with Crippen molar-refractivity contribution >= 4 is 11.7 Å². The number of ether oxygens (including phenoxy) is 2. The fourth-order valence-corrected chi connectivity index (χ4v) is 2.16. The maximum atomic E-state index is 11.1. The lowest BCUT2D eigenvalue weighted by atomic mass is 10.2. The molecule has 26 heavy (non-hydrogen) atoms.